The van der Waals surface area contributed by atoms with Gasteiger partial charge in [0.15, 0.2) is 5.78 Å². The third-order valence-corrected chi connectivity index (χ3v) is 4.18. The van der Waals surface area contributed by atoms with Crippen molar-refractivity contribution in [2.45, 2.75) is 6.54 Å². The summed E-state index contributed by atoms with van der Waals surface area (Å²) in [5, 5.41) is 0. The van der Waals surface area contributed by atoms with Crippen LogP contribution in [-0.2, 0) is 6.54 Å². The number of nitrogens with zero attached hydrogens (tertiary/aromatic N) is 2. The van der Waals surface area contributed by atoms with Crippen LogP contribution >= 0.6 is 22.9 Å². The number of hydrogen-bond acceptors (Lipinski definition) is 3. The number of imidazole rings is 1. The van der Waals surface area contributed by atoms with E-state index >= 15 is 0 Å². The van der Waals surface area contributed by atoms with Crippen molar-refractivity contribution in [2.75, 3.05) is 0 Å². The van der Waals surface area contributed by atoms with E-state index in [0.717, 1.165) is 11.4 Å². The minimum atomic E-state index is 0.0390. The first-order valence-electron chi connectivity index (χ1n) is 6.09. The fourth-order valence-corrected chi connectivity index (χ4v) is 2.95. The average Bonchev–Trinajstić information content (AvgIpc) is 3.09. The third kappa shape index (κ3) is 2.66. The molecule has 5 heteroatoms. The number of hydrogen-bond donors (Lipinski definition) is 0. The maximum Gasteiger partial charge on any atom is 0.192 e. The smallest absolute Gasteiger partial charge is 0.192 e. The molecule has 0 aliphatic rings. The molecular formula is C15H11ClN2OS. The summed E-state index contributed by atoms with van der Waals surface area (Å²) in [5.41, 5.74) is 0.995. The van der Waals surface area contributed by atoms with E-state index in [9.17, 15) is 4.79 Å². The number of thiophene rings is 1. The highest BCUT2D eigenvalue weighted by atomic mass is 35.5. The second-order valence-corrected chi connectivity index (χ2v) is 5.99. The van der Waals surface area contributed by atoms with Crippen molar-refractivity contribution in [1.82, 2.24) is 9.55 Å². The van der Waals surface area contributed by atoms with Gasteiger partial charge in [0, 0.05) is 18.0 Å². The van der Waals surface area contributed by atoms with Crippen LogP contribution in [-0.4, -0.2) is 15.3 Å². The summed E-state index contributed by atoms with van der Waals surface area (Å²) < 4.78 is 2.48. The molecule has 0 fully saturated rings. The van der Waals surface area contributed by atoms with E-state index in [1.807, 2.05) is 41.1 Å². The summed E-state index contributed by atoms with van der Waals surface area (Å²) in [6, 6.07) is 13.3. The minimum absolute atomic E-state index is 0.0390. The van der Waals surface area contributed by atoms with Crippen LogP contribution in [0.1, 0.15) is 9.67 Å². The molecule has 0 unspecified atom stereocenters. The molecule has 3 nitrogen and oxygen atoms in total. The monoisotopic (exact) mass is 302 g/mol. The molecule has 0 aliphatic carbocycles. The van der Waals surface area contributed by atoms with Gasteiger partial charge in [0.25, 0.3) is 0 Å². The Morgan fingerprint density at radius 1 is 1.20 bits per heavy atom. The number of aromatic nitrogens is 2. The van der Waals surface area contributed by atoms with E-state index in [1.54, 1.807) is 18.3 Å². The lowest BCUT2D eigenvalue weighted by molar-refractivity contribution is 0.0976. The second-order valence-electron chi connectivity index (χ2n) is 4.27. The molecule has 0 radical (unpaired) electrons. The lowest BCUT2D eigenvalue weighted by Crippen LogP contribution is -2.09. The van der Waals surface area contributed by atoms with Crippen LogP contribution in [0.2, 0.25) is 4.34 Å². The van der Waals surface area contributed by atoms with E-state index in [0.29, 0.717) is 9.21 Å². The largest absolute Gasteiger partial charge is 0.323 e. The van der Waals surface area contributed by atoms with Crippen LogP contribution < -0.4 is 0 Å². The van der Waals surface area contributed by atoms with Gasteiger partial charge in [0.05, 0.1) is 15.8 Å². The van der Waals surface area contributed by atoms with Crippen molar-refractivity contribution < 1.29 is 4.79 Å². The molecule has 0 spiro atoms. The number of carbonyl (C=O) groups excluding carboxylic acids is 1. The molecule has 0 N–H and O–H groups in total. The highest BCUT2D eigenvalue weighted by Crippen LogP contribution is 2.23. The van der Waals surface area contributed by atoms with Gasteiger partial charge in [-0.05, 0) is 12.1 Å². The molecule has 0 saturated carbocycles. The Labute approximate surface area is 125 Å². The highest BCUT2D eigenvalue weighted by molar-refractivity contribution is 7.18. The number of benzene rings is 1. The molecular weight excluding hydrogens is 292 g/mol. The molecule has 20 heavy (non-hydrogen) atoms. The zero-order chi connectivity index (χ0) is 13.9. The lowest BCUT2D eigenvalue weighted by atomic mass is 10.2. The minimum Gasteiger partial charge on any atom is -0.323 e. The van der Waals surface area contributed by atoms with Crippen LogP contribution in [0.5, 0.6) is 0 Å². The van der Waals surface area contributed by atoms with E-state index in [1.165, 1.54) is 11.3 Å². The number of Topliss-reactive ketones (excluding diaryl/α,β-unsaturated/α-hetero) is 1. The highest BCUT2D eigenvalue weighted by Gasteiger charge is 2.12. The number of carbonyl (C=O) groups is 1. The van der Waals surface area contributed by atoms with Crippen molar-refractivity contribution in [1.29, 1.82) is 0 Å². The maximum atomic E-state index is 12.2. The Morgan fingerprint density at radius 3 is 2.70 bits per heavy atom. The van der Waals surface area contributed by atoms with Gasteiger partial charge >= 0.3 is 0 Å². The predicted molar refractivity (Wildman–Crippen MR) is 81.3 cm³/mol. The Kier molecular flexibility index (Phi) is 3.67. The van der Waals surface area contributed by atoms with Crippen LogP contribution in [0.3, 0.4) is 0 Å². The van der Waals surface area contributed by atoms with Gasteiger partial charge in [-0.2, -0.15) is 0 Å². The molecule has 3 rings (SSSR count). The van der Waals surface area contributed by atoms with Crippen molar-refractivity contribution >= 4 is 28.7 Å². The third-order valence-electron chi connectivity index (χ3n) is 2.91. The first kappa shape index (κ1) is 13.1. The van der Waals surface area contributed by atoms with Crippen molar-refractivity contribution in [2.24, 2.45) is 0 Å². The predicted octanol–water partition coefficient (Wildman–Crippen LogP) is 4.15. The molecule has 2 heterocycles. The van der Waals surface area contributed by atoms with Gasteiger partial charge in [-0.1, -0.05) is 41.9 Å². The zero-order valence-corrected chi connectivity index (χ0v) is 12.1. The molecule has 0 bridgehead atoms. The Morgan fingerprint density at radius 2 is 2.00 bits per heavy atom. The van der Waals surface area contributed by atoms with Gasteiger partial charge in [0.1, 0.15) is 5.82 Å². The number of rotatable bonds is 4. The molecule has 0 atom stereocenters. The number of ketones is 1. The molecule has 0 saturated heterocycles. The normalized spacial score (nSPS) is 10.7. The standard InChI is InChI=1S/C15H11ClN2OS/c16-14-7-6-13(20-14)12(19)10-18-9-8-17-15(18)11-4-2-1-3-5-11/h1-9H,10H2. The molecule has 1 aromatic carbocycles. The fourth-order valence-electron chi connectivity index (χ4n) is 1.98. The van der Waals surface area contributed by atoms with Gasteiger partial charge in [-0.3, -0.25) is 4.79 Å². The van der Waals surface area contributed by atoms with E-state index in [-0.39, 0.29) is 12.3 Å². The summed E-state index contributed by atoms with van der Waals surface area (Å²) in [4.78, 5) is 17.2. The van der Waals surface area contributed by atoms with E-state index in [2.05, 4.69) is 4.98 Å². The van der Waals surface area contributed by atoms with Crippen LogP contribution in [0.25, 0.3) is 11.4 Å². The maximum absolute atomic E-state index is 12.2. The van der Waals surface area contributed by atoms with E-state index < -0.39 is 0 Å². The van der Waals surface area contributed by atoms with Crippen LogP contribution in [0.4, 0.5) is 0 Å². The molecule has 0 amide bonds. The molecule has 0 aliphatic heterocycles. The van der Waals surface area contributed by atoms with Gasteiger partial charge in [-0.25, -0.2) is 4.98 Å². The van der Waals surface area contributed by atoms with E-state index in [4.69, 9.17) is 11.6 Å². The van der Waals surface area contributed by atoms with Gasteiger partial charge in [-0.15, -0.1) is 11.3 Å². The molecule has 2 aromatic heterocycles. The summed E-state index contributed by atoms with van der Waals surface area (Å²) in [5.74, 6) is 0.832. The quantitative estimate of drug-likeness (QED) is 0.679. The molecule has 100 valence electrons. The zero-order valence-electron chi connectivity index (χ0n) is 10.5. The van der Waals surface area contributed by atoms with Gasteiger partial charge in [0.2, 0.25) is 0 Å². The lowest BCUT2D eigenvalue weighted by Gasteiger charge is -2.06. The first-order chi connectivity index (χ1) is 9.74. The summed E-state index contributed by atoms with van der Waals surface area (Å²) >= 11 is 7.16. The Bertz CT molecular complexity index is 733. The van der Waals surface area contributed by atoms with Crippen LogP contribution in [0, 0.1) is 0 Å². The topological polar surface area (TPSA) is 34.9 Å². The number of halogens is 1. The van der Waals surface area contributed by atoms with Crippen LogP contribution in [0.15, 0.2) is 54.9 Å². The SMILES string of the molecule is O=C(Cn1ccnc1-c1ccccc1)c1ccc(Cl)s1. The first-order valence-corrected chi connectivity index (χ1v) is 7.28. The fraction of sp³-hybridized carbons (Fsp3) is 0.0667. The molecule has 3 aromatic rings. The summed E-state index contributed by atoms with van der Waals surface area (Å²) in [7, 11) is 0. The van der Waals surface area contributed by atoms with Crippen molar-refractivity contribution in [3.05, 3.63) is 64.1 Å². The summed E-state index contributed by atoms with van der Waals surface area (Å²) in [6.07, 6.45) is 3.52. The second kappa shape index (κ2) is 5.61. The average molecular weight is 303 g/mol. The Balaban J connectivity index is 1.86. The van der Waals surface area contributed by atoms with Gasteiger partial charge < -0.3 is 4.57 Å². The summed E-state index contributed by atoms with van der Waals surface area (Å²) in [6.45, 7) is 0.265. The van der Waals surface area contributed by atoms with Crippen molar-refractivity contribution in [3.8, 4) is 11.4 Å². The Hall–Kier alpha value is -1.91. The van der Waals surface area contributed by atoms with Crippen molar-refractivity contribution in [3.63, 3.8) is 0 Å².